The molecule has 1 saturated heterocycles. The lowest BCUT2D eigenvalue weighted by Gasteiger charge is -2.24. The summed E-state index contributed by atoms with van der Waals surface area (Å²) >= 11 is 0. The summed E-state index contributed by atoms with van der Waals surface area (Å²) in [5.41, 5.74) is 0. The molecule has 2 heterocycles. The van der Waals surface area contributed by atoms with Gasteiger partial charge in [0.25, 0.3) is 0 Å². The second-order valence-corrected chi connectivity index (χ2v) is 5.57. The maximum Gasteiger partial charge on any atom is 0.243 e. The summed E-state index contributed by atoms with van der Waals surface area (Å²) in [6, 6.07) is 0.614. The highest BCUT2D eigenvalue weighted by atomic mass is 35.5. The van der Waals surface area contributed by atoms with Crippen LogP contribution in [0.3, 0.4) is 0 Å². The van der Waals surface area contributed by atoms with Gasteiger partial charge in [0.05, 0.1) is 6.04 Å². The van der Waals surface area contributed by atoms with E-state index in [1.807, 2.05) is 7.05 Å². The van der Waals surface area contributed by atoms with Crippen molar-refractivity contribution in [2.45, 2.75) is 58.0 Å². The molecule has 1 fully saturated rings. The zero-order chi connectivity index (χ0) is 13.7. The van der Waals surface area contributed by atoms with E-state index in [1.54, 1.807) is 0 Å². The Labute approximate surface area is 127 Å². The molecule has 20 heavy (non-hydrogen) atoms. The van der Waals surface area contributed by atoms with Crippen molar-refractivity contribution in [3.05, 3.63) is 11.7 Å². The Morgan fingerprint density at radius 3 is 2.45 bits per heavy atom. The van der Waals surface area contributed by atoms with E-state index in [-0.39, 0.29) is 18.4 Å². The number of likely N-dealkylation sites (N-methyl/N-ethyl adjacent to an activating group) is 1. The highest BCUT2D eigenvalue weighted by Gasteiger charge is 2.22. The van der Waals surface area contributed by atoms with Crippen molar-refractivity contribution in [2.75, 3.05) is 20.1 Å². The molecule has 6 heteroatoms. The van der Waals surface area contributed by atoms with Gasteiger partial charge in [-0.05, 0) is 46.8 Å². The number of halogens is 1. The number of hydrogen-bond acceptors (Lipinski definition) is 5. The van der Waals surface area contributed by atoms with Crippen molar-refractivity contribution in [1.29, 1.82) is 0 Å². The number of hydrogen-bond donors (Lipinski definition) is 1. The maximum absolute atomic E-state index is 5.44. The standard InChI is InChI=1S/C14H26N4O.ClH/c1-11(15-3)10-13-16-14(19-17-13)12(2)18-8-6-4-5-7-9-18;/h11-12,15H,4-10H2,1-3H3;1H. The predicted octanol–water partition coefficient (Wildman–Crippen LogP) is 2.58. The van der Waals surface area contributed by atoms with E-state index < -0.39 is 0 Å². The molecule has 0 aliphatic carbocycles. The molecule has 2 atom stereocenters. The summed E-state index contributed by atoms with van der Waals surface area (Å²) in [4.78, 5) is 7.01. The van der Waals surface area contributed by atoms with E-state index in [0.29, 0.717) is 6.04 Å². The Kier molecular flexibility index (Phi) is 7.48. The van der Waals surface area contributed by atoms with Crippen molar-refractivity contribution >= 4 is 12.4 Å². The first-order valence-electron chi connectivity index (χ1n) is 7.44. The lowest BCUT2D eigenvalue weighted by molar-refractivity contribution is 0.179. The number of aromatic nitrogens is 2. The predicted molar refractivity (Wildman–Crippen MR) is 82.2 cm³/mol. The van der Waals surface area contributed by atoms with E-state index in [9.17, 15) is 0 Å². The SMILES string of the molecule is CNC(C)Cc1noc(C(C)N2CCCCCC2)n1.Cl. The Morgan fingerprint density at radius 2 is 1.85 bits per heavy atom. The topological polar surface area (TPSA) is 54.2 Å². The average molecular weight is 303 g/mol. The van der Waals surface area contributed by atoms with E-state index in [0.717, 1.165) is 31.2 Å². The molecule has 0 saturated carbocycles. The second-order valence-electron chi connectivity index (χ2n) is 5.57. The van der Waals surface area contributed by atoms with Crippen molar-refractivity contribution in [1.82, 2.24) is 20.4 Å². The van der Waals surface area contributed by atoms with Gasteiger partial charge in [-0.15, -0.1) is 12.4 Å². The Bertz CT molecular complexity index is 377. The summed E-state index contributed by atoms with van der Waals surface area (Å²) in [6.45, 7) is 6.58. The zero-order valence-electron chi connectivity index (χ0n) is 12.8. The largest absolute Gasteiger partial charge is 0.338 e. The summed E-state index contributed by atoms with van der Waals surface area (Å²) in [7, 11) is 1.95. The van der Waals surface area contributed by atoms with Gasteiger partial charge in [-0.3, -0.25) is 4.90 Å². The fourth-order valence-electron chi connectivity index (χ4n) is 2.53. The van der Waals surface area contributed by atoms with Gasteiger partial charge in [-0.1, -0.05) is 18.0 Å². The molecular formula is C14H27ClN4O. The average Bonchev–Trinajstić information content (AvgIpc) is 2.71. The molecule has 0 aromatic carbocycles. The van der Waals surface area contributed by atoms with Crippen LogP contribution < -0.4 is 5.32 Å². The molecule has 1 aliphatic rings. The third-order valence-corrected chi connectivity index (χ3v) is 4.01. The van der Waals surface area contributed by atoms with Crippen molar-refractivity contribution < 1.29 is 4.52 Å². The molecule has 2 unspecified atom stereocenters. The third kappa shape index (κ3) is 4.72. The lowest BCUT2D eigenvalue weighted by Crippen LogP contribution is -2.28. The van der Waals surface area contributed by atoms with Crippen molar-refractivity contribution in [2.24, 2.45) is 0 Å². The van der Waals surface area contributed by atoms with Gasteiger partial charge in [0.15, 0.2) is 5.82 Å². The molecule has 0 radical (unpaired) electrons. The van der Waals surface area contributed by atoms with Crippen LogP contribution in [0.4, 0.5) is 0 Å². The van der Waals surface area contributed by atoms with Gasteiger partial charge in [-0.25, -0.2) is 0 Å². The van der Waals surface area contributed by atoms with Gasteiger partial charge in [-0.2, -0.15) is 4.98 Å². The van der Waals surface area contributed by atoms with Crippen molar-refractivity contribution in [3.8, 4) is 0 Å². The lowest BCUT2D eigenvalue weighted by atomic mass is 10.2. The summed E-state index contributed by atoms with van der Waals surface area (Å²) in [5.74, 6) is 1.57. The van der Waals surface area contributed by atoms with Crippen LogP contribution in [-0.2, 0) is 6.42 Å². The molecule has 1 aromatic heterocycles. The second kappa shape index (κ2) is 8.60. The van der Waals surface area contributed by atoms with Crippen molar-refractivity contribution in [3.63, 3.8) is 0 Å². The van der Waals surface area contributed by atoms with E-state index in [4.69, 9.17) is 4.52 Å². The molecule has 1 N–H and O–H groups in total. The van der Waals surface area contributed by atoms with Gasteiger partial charge >= 0.3 is 0 Å². The van der Waals surface area contributed by atoms with Crippen LogP contribution in [0, 0.1) is 0 Å². The van der Waals surface area contributed by atoms with Crippen LogP contribution in [0.2, 0.25) is 0 Å². The van der Waals surface area contributed by atoms with Gasteiger partial charge in [0, 0.05) is 12.5 Å². The van der Waals surface area contributed by atoms with Crippen LogP contribution in [0.1, 0.15) is 57.3 Å². The number of rotatable bonds is 5. The summed E-state index contributed by atoms with van der Waals surface area (Å²) in [6.07, 6.45) is 6.06. The molecule has 1 aliphatic heterocycles. The van der Waals surface area contributed by atoms with Crippen LogP contribution in [0.25, 0.3) is 0 Å². The molecule has 2 rings (SSSR count). The normalized spacial score (nSPS) is 19.9. The summed E-state index contributed by atoms with van der Waals surface area (Å²) < 4.78 is 5.44. The highest BCUT2D eigenvalue weighted by molar-refractivity contribution is 5.85. The number of nitrogens with zero attached hydrogens (tertiary/aromatic N) is 3. The molecule has 1 aromatic rings. The minimum Gasteiger partial charge on any atom is -0.338 e. The van der Waals surface area contributed by atoms with Crippen LogP contribution >= 0.6 is 12.4 Å². The fourth-order valence-corrected chi connectivity index (χ4v) is 2.53. The molecular weight excluding hydrogens is 276 g/mol. The van der Waals surface area contributed by atoms with E-state index in [2.05, 4.69) is 34.2 Å². The highest BCUT2D eigenvalue weighted by Crippen LogP contribution is 2.22. The smallest absolute Gasteiger partial charge is 0.243 e. The van der Waals surface area contributed by atoms with Gasteiger partial charge < -0.3 is 9.84 Å². The first-order chi connectivity index (χ1) is 9.20. The van der Waals surface area contributed by atoms with Crippen LogP contribution in [0.15, 0.2) is 4.52 Å². The molecule has 116 valence electrons. The third-order valence-electron chi connectivity index (χ3n) is 4.01. The quantitative estimate of drug-likeness (QED) is 0.906. The monoisotopic (exact) mass is 302 g/mol. The van der Waals surface area contributed by atoms with Crippen LogP contribution in [-0.4, -0.2) is 41.2 Å². The van der Waals surface area contributed by atoms with E-state index in [1.165, 1.54) is 25.7 Å². The Hall–Kier alpha value is -0.650. The number of nitrogens with one attached hydrogen (secondary N) is 1. The number of likely N-dealkylation sites (tertiary alicyclic amines) is 1. The first kappa shape index (κ1) is 17.4. The van der Waals surface area contributed by atoms with Gasteiger partial charge in [0.1, 0.15) is 0 Å². The first-order valence-corrected chi connectivity index (χ1v) is 7.44. The maximum atomic E-state index is 5.44. The van der Waals surface area contributed by atoms with Crippen LogP contribution in [0.5, 0.6) is 0 Å². The van der Waals surface area contributed by atoms with E-state index >= 15 is 0 Å². The Balaban J connectivity index is 0.00000200. The minimum absolute atomic E-state index is 0. The minimum atomic E-state index is 0. The zero-order valence-corrected chi connectivity index (χ0v) is 13.6. The Morgan fingerprint density at radius 1 is 1.20 bits per heavy atom. The molecule has 0 amide bonds. The summed E-state index contributed by atoms with van der Waals surface area (Å²) in [5, 5.41) is 7.28. The molecule has 0 spiro atoms. The molecule has 5 nitrogen and oxygen atoms in total. The van der Waals surface area contributed by atoms with Gasteiger partial charge in [0.2, 0.25) is 5.89 Å². The molecule has 0 bridgehead atoms. The fraction of sp³-hybridized carbons (Fsp3) is 0.857.